The minimum Gasteiger partial charge on any atom is -0.494 e. The molecular weight excluding hydrogens is 945 g/mol. The molecule has 2 aromatic carbocycles. The number of hydrogen-bond acceptors (Lipinski definition) is 14. The fourth-order valence-electron chi connectivity index (χ4n) is 6.01. The van der Waals surface area contributed by atoms with Gasteiger partial charge in [0.25, 0.3) is 11.8 Å². The second kappa shape index (κ2) is 31.4. The van der Waals surface area contributed by atoms with E-state index in [-0.39, 0.29) is 50.7 Å². The lowest BCUT2D eigenvalue weighted by molar-refractivity contribution is -0.124. The van der Waals surface area contributed by atoms with Crippen LogP contribution in [-0.2, 0) is 38.2 Å². The summed E-state index contributed by atoms with van der Waals surface area (Å²) < 4.78 is 22.3. The van der Waals surface area contributed by atoms with Gasteiger partial charge >= 0.3 is 24.2 Å². The Bertz CT molecular complexity index is 2020. The van der Waals surface area contributed by atoms with Gasteiger partial charge in [0.1, 0.15) is 34.8 Å². The third kappa shape index (κ3) is 28.6. The highest BCUT2D eigenvalue weighted by atomic mass is 16.6. The molecule has 0 aliphatic carbocycles. The average molecular weight is 1020 g/mol. The van der Waals surface area contributed by atoms with Crippen molar-refractivity contribution < 1.29 is 66.9 Å². The fourth-order valence-corrected chi connectivity index (χ4v) is 6.01. The molecule has 0 aliphatic rings. The molecule has 0 bridgehead atoms. The molecule has 2 rings (SSSR count). The number of carbonyl (C=O) groups excluding carboxylic acids is 10. The summed E-state index contributed by atoms with van der Waals surface area (Å²) in [6.45, 7) is 13.6. The number of unbranched alkanes of at least 4 members (excludes halogenated alkanes) is 2. The molecule has 12 amide bonds. The van der Waals surface area contributed by atoms with Gasteiger partial charge in [0.15, 0.2) is 0 Å². The molecule has 12 N–H and O–H groups in total. The van der Waals surface area contributed by atoms with Crippen molar-refractivity contribution in [2.24, 2.45) is 0 Å². The van der Waals surface area contributed by atoms with Crippen molar-refractivity contribution in [2.75, 3.05) is 26.3 Å². The number of hydrogen-bond donors (Lipinski definition) is 12. The van der Waals surface area contributed by atoms with Crippen LogP contribution in [0.15, 0.2) is 36.4 Å². The number of alkyl carbamates (subject to hydrolysis) is 2. The zero-order valence-corrected chi connectivity index (χ0v) is 42.2. The van der Waals surface area contributed by atoms with Gasteiger partial charge in [-0.15, -0.1) is 0 Å². The maximum atomic E-state index is 12.8. The zero-order chi connectivity index (χ0) is 53.7. The van der Waals surface area contributed by atoms with Crippen LogP contribution in [0.2, 0.25) is 0 Å². The lowest BCUT2D eigenvalue weighted by atomic mass is 10.1. The lowest BCUT2D eigenvalue weighted by Gasteiger charge is -2.23. The highest BCUT2D eigenvalue weighted by Gasteiger charge is 2.26. The van der Waals surface area contributed by atoms with Gasteiger partial charge in [-0.3, -0.25) is 50.5 Å². The van der Waals surface area contributed by atoms with Crippen molar-refractivity contribution in [3.8, 4) is 11.5 Å². The Morgan fingerprint density at radius 1 is 0.472 bits per heavy atom. The van der Waals surface area contributed by atoms with E-state index in [2.05, 4.69) is 53.8 Å². The Hall–Kier alpha value is -7.80. The van der Waals surface area contributed by atoms with Gasteiger partial charge in [0, 0.05) is 39.8 Å². The van der Waals surface area contributed by atoms with Crippen molar-refractivity contribution in [2.45, 2.75) is 143 Å². The summed E-state index contributed by atoms with van der Waals surface area (Å²) in [5, 5.41) is 12.5. The Balaban J connectivity index is 1.71. The van der Waals surface area contributed by atoms with Crippen LogP contribution >= 0.6 is 0 Å². The van der Waals surface area contributed by atoms with E-state index in [1.807, 2.05) is 47.2 Å². The van der Waals surface area contributed by atoms with Crippen LogP contribution in [0.5, 0.6) is 11.5 Å². The summed E-state index contributed by atoms with van der Waals surface area (Å²) in [4.78, 5) is 121. The van der Waals surface area contributed by atoms with Crippen LogP contribution in [0.3, 0.4) is 0 Å². The highest BCUT2D eigenvalue weighted by Crippen LogP contribution is 2.25. The molecule has 0 aromatic heterocycles. The van der Waals surface area contributed by atoms with Crippen LogP contribution in [0.1, 0.15) is 120 Å². The lowest BCUT2D eigenvalue weighted by Crippen LogP contribution is -2.56. The van der Waals surface area contributed by atoms with Gasteiger partial charge in [0.05, 0.1) is 13.2 Å². The molecule has 2 aromatic rings. The molecule has 400 valence electrons. The first-order valence-corrected chi connectivity index (χ1v) is 23.5. The van der Waals surface area contributed by atoms with E-state index in [9.17, 15) is 47.9 Å². The van der Waals surface area contributed by atoms with Crippen molar-refractivity contribution in [1.29, 1.82) is 0 Å². The first kappa shape index (κ1) is 60.3. The van der Waals surface area contributed by atoms with E-state index in [4.69, 9.17) is 18.9 Å². The normalized spacial score (nSPS) is 11.7. The number of fused-ring (bicyclic) bond motifs is 1. The standard InChI is InChI=1S/C46H72N12O14/c1-29(59)51-55-41(65)57-53-39(63)35(49-43(67)71-45(3,4)5)15-9-11-23-47-37(61)17-13-25-69-33-21-19-31-20-22-34(28-32(31)27-33)70-26-14-18-38(62)48-24-12-10-16-36(50-44(68)72-46(6,7)8)40(64)54-58-42(66)56-52-30(2)60/h19-22,27-28,35-36H,9-18,23-26H2,1-8H3,(H,47,61)(H,48,62)(H,49,67)(H,50,68)(H,51,59)(H,52,60)(H,53,63)(H,54,64)(H2,55,57,65)(H2,56,58,66)/t35-,36-/m0/s1. The molecule has 0 aliphatic heterocycles. The summed E-state index contributed by atoms with van der Waals surface area (Å²) in [6.07, 6.45) is 1.79. The van der Waals surface area contributed by atoms with E-state index in [1.54, 1.807) is 41.5 Å². The molecule has 26 heteroatoms. The average Bonchev–Trinajstić information content (AvgIpc) is 3.28. The fraction of sp³-hybridized carbons (Fsp3) is 0.565. The number of ether oxygens (including phenoxy) is 4. The Kier molecular flexibility index (Phi) is 26.3. The number of rotatable bonds is 24. The molecule has 2 atom stereocenters. The van der Waals surface area contributed by atoms with Crippen LogP contribution < -0.4 is 74.1 Å². The predicted molar refractivity (Wildman–Crippen MR) is 261 cm³/mol. The topological polar surface area (TPSA) is 352 Å². The second-order valence-corrected chi connectivity index (χ2v) is 18.2. The number of carbonyl (C=O) groups is 10. The third-order valence-corrected chi connectivity index (χ3v) is 9.22. The van der Waals surface area contributed by atoms with E-state index < -0.39 is 71.2 Å². The largest absolute Gasteiger partial charge is 0.494 e. The molecule has 0 saturated carbocycles. The van der Waals surface area contributed by atoms with Gasteiger partial charge in [-0.1, -0.05) is 12.1 Å². The number of hydrazine groups is 4. The second-order valence-electron chi connectivity index (χ2n) is 18.2. The summed E-state index contributed by atoms with van der Waals surface area (Å²) in [5.41, 5.74) is 15.0. The van der Waals surface area contributed by atoms with Gasteiger partial charge in [-0.2, -0.15) is 0 Å². The summed E-state index contributed by atoms with van der Waals surface area (Å²) in [7, 11) is 0. The maximum absolute atomic E-state index is 12.8. The van der Waals surface area contributed by atoms with Crippen molar-refractivity contribution in [3.05, 3.63) is 36.4 Å². The Morgan fingerprint density at radius 2 is 0.847 bits per heavy atom. The molecule has 26 nitrogen and oxygen atoms in total. The number of nitrogens with one attached hydrogen (secondary N) is 12. The smallest absolute Gasteiger partial charge is 0.408 e. The van der Waals surface area contributed by atoms with Gasteiger partial charge < -0.3 is 40.2 Å². The minimum atomic E-state index is -1.08. The molecule has 0 fully saturated rings. The molecule has 0 saturated heterocycles. The molecule has 0 heterocycles. The minimum absolute atomic E-state index is 0.162. The monoisotopic (exact) mass is 1020 g/mol. The summed E-state index contributed by atoms with van der Waals surface area (Å²) >= 11 is 0. The third-order valence-electron chi connectivity index (χ3n) is 9.22. The molecule has 72 heavy (non-hydrogen) atoms. The first-order valence-electron chi connectivity index (χ1n) is 23.5. The molecule has 0 radical (unpaired) electrons. The van der Waals surface area contributed by atoms with E-state index in [0.29, 0.717) is 63.1 Å². The summed E-state index contributed by atoms with van der Waals surface area (Å²) in [5.74, 6) is -1.67. The highest BCUT2D eigenvalue weighted by molar-refractivity contribution is 5.89. The van der Waals surface area contributed by atoms with Gasteiger partial charge in [-0.05, 0) is 128 Å². The Labute approximate surface area is 418 Å². The summed E-state index contributed by atoms with van der Waals surface area (Å²) in [6, 6.07) is 7.23. The number of amides is 12. The number of urea groups is 2. The van der Waals surface area contributed by atoms with Crippen LogP contribution in [0.25, 0.3) is 10.8 Å². The quantitative estimate of drug-likeness (QED) is 0.0531. The van der Waals surface area contributed by atoms with Gasteiger partial charge in [0.2, 0.25) is 23.6 Å². The first-order chi connectivity index (χ1) is 33.9. The van der Waals surface area contributed by atoms with Crippen molar-refractivity contribution >= 4 is 70.5 Å². The SMILES string of the molecule is CC(=O)NNC(=O)NNC(=O)[C@H](CCCCNC(=O)CCCOc1ccc2ccc(OCCCC(=O)NCCCC[C@H](NC(=O)OC(C)(C)C)C(=O)NNC(=O)NNC(C)=O)cc2c1)NC(=O)OC(C)(C)C. The molecule has 0 unspecified atom stereocenters. The maximum Gasteiger partial charge on any atom is 0.408 e. The van der Waals surface area contributed by atoms with Crippen molar-refractivity contribution in [3.63, 3.8) is 0 Å². The predicted octanol–water partition coefficient (Wildman–Crippen LogP) is 2.28. The molecule has 0 spiro atoms. The van der Waals surface area contributed by atoms with E-state index >= 15 is 0 Å². The Morgan fingerprint density at radius 3 is 1.21 bits per heavy atom. The zero-order valence-electron chi connectivity index (χ0n) is 42.2. The van der Waals surface area contributed by atoms with Crippen molar-refractivity contribution in [1.82, 2.24) is 64.7 Å². The van der Waals surface area contributed by atoms with Crippen LogP contribution in [0, 0.1) is 0 Å². The van der Waals surface area contributed by atoms with E-state index in [1.165, 1.54) is 13.8 Å². The van der Waals surface area contributed by atoms with Gasteiger partial charge in [-0.25, -0.2) is 40.9 Å². The molecular formula is C46H72N12O14. The number of benzene rings is 2. The van der Waals surface area contributed by atoms with Crippen LogP contribution in [0.4, 0.5) is 19.2 Å². The van der Waals surface area contributed by atoms with Crippen LogP contribution in [-0.4, -0.2) is 109 Å². The van der Waals surface area contributed by atoms with E-state index in [0.717, 1.165) is 10.8 Å².